The molecule has 2 aromatic heterocycles. The number of benzene rings is 1. The van der Waals surface area contributed by atoms with Gasteiger partial charge in [0, 0.05) is 30.1 Å². The van der Waals surface area contributed by atoms with Crippen LogP contribution in [-0.4, -0.2) is 22.5 Å². The summed E-state index contributed by atoms with van der Waals surface area (Å²) in [6.07, 6.45) is 1.50. The van der Waals surface area contributed by atoms with Crippen molar-refractivity contribution in [1.82, 2.24) is 4.98 Å². The fourth-order valence-corrected chi connectivity index (χ4v) is 2.36. The molecule has 0 aliphatic carbocycles. The zero-order valence-corrected chi connectivity index (χ0v) is 13.8. The quantitative estimate of drug-likeness (QED) is 0.275. The van der Waals surface area contributed by atoms with Crippen LogP contribution in [0.15, 0.2) is 40.9 Å². The van der Waals surface area contributed by atoms with Gasteiger partial charge in [-0.2, -0.15) is 8.78 Å². The molecule has 2 heterocycles. The van der Waals surface area contributed by atoms with Crippen molar-refractivity contribution in [2.75, 3.05) is 0 Å². The number of esters is 1. The molecule has 8 nitrogen and oxygen atoms in total. The third-order valence-electron chi connectivity index (χ3n) is 3.61. The van der Waals surface area contributed by atoms with E-state index in [9.17, 15) is 23.7 Å². The number of non-ortho nitro benzene ring substituents is 1. The molecule has 0 aliphatic rings. The van der Waals surface area contributed by atoms with Crippen molar-refractivity contribution in [3.05, 3.63) is 58.0 Å². The average molecular weight is 378 g/mol. The third kappa shape index (κ3) is 3.84. The van der Waals surface area contributed by atoms with Crippen LogP contribution in [0, 0.1) is 10.1 Å². The minimum absolute atomic E-state index is 0.0200. The predicted octanol–water partition coefficient (Wildman–Crippen LogP) is 4.12. The number of carbonyl (C=O) groups is 1. The highest BCUT2D eigenvalue weighted by molar-refractivity contribution is 6.04. The second-order valence-corrected chi connectivity index (χ2v) is 5.31. The molecule has 0 N–H and O–H groups in total. The van der Waals surface area contributed by atoms with E-state index in [4.69, 9.17) is 9.15 Å². The molecule has 140 valence electrons. The number of aryl methyl sites for hydroxylation is 1. The number of nitro groups is 1. The van der Waals surface area contributed by atoms with E-state index in [1.54, 1.807) is 6.92 Å². The second kappa shape index (κ2) is 7.36. The highest BCUT2D eigenvalue weighted by Crippen LogP contribution is 2.31. The largest absolute Gasteiger partial charge is 0.455 e. The first-order valence-corrected chi connectivity index (χ1v) is 7.72. The lowest BCUT2D eigenvalue weighted by Crippen LogP contribution is -2.10. The number of halogens is 2. The van der Waals surface area contributed by atoms with Gasteiger partial charge in [0.1, 0.15) is 11.5 Å². The molecule has 0 radical (unpaired) electrons. The van der Waals surface area contributed by atoms with Crippen LogP contribution in [0.25, 0.3) is 11.0 Å². The Morgan fingerprint density at radius 2 is 2.04 bits per heavy atom. The Morgan fingerprint density at radius 3 is 2.63 bits per heavy atom. The summed E-state index contributed by atoms with van der Waals surface area (Å²) in [6.45, 7) is -1.32. The molecule has 0 unspecified atom stereocenters. The van der Waals surface area contributed by atoms with E-state index in [1.165, 1.54) is 30.3 Å². The van der Waals surface area contributed by atoms with Gasteiger partial charge in [0.25, 0.3) is 11.6 Å². The normalized spacial score (nSPS) is 11.0. The number of ether oxygens (including phenoxy) is 2. The number of carbonyl (C=O) groups excluding carboxylic acids is 1. The smallest absolute Gasteiger partial charge is 0.388 e. The van der Waals surface area contributed by atoms with E-state index < -0.39 is 23.4 Å². The zero-order chi connectivity index (χ0) is 19.6. The molecule has 0 bridgehead atoms. The first kappa shape index (κ1) is 18.2. The zero-order valence-electron chi connectivity index (χ0n) is 13.8. The first-order chi connectivity index (χ1) is 12.9. The summed E-state index contributed by atoms with van der Waals surface area (Å²) in [6, 6.07) is 6.41. The van der Waals surface area contributed by atoms with Crippen molar-refractivity contribution >= 4 is 22.6 Å². The van der Waals surface area contributed by atoms with Crippen LogP contribution in [0.2, 0.25) is 0 Å². The Balaban J connectivity index is 1.94. The van der Waals surface area contributed by atoms with Gasteiger partial charge in [0.05, 0.1) is 10.5 Å². The SMILES string of the molecule is CCc1cc2c(C(=O)Oc3ccc([N+](=O)[O-])cc3)cnc(OC(F)F)c2o1. The Hall–Kier alpha value is -3.56. The number of rotatable bonds is 6. The molecular weight excluding hydrogens is 366 g/mol. The van der Waals surface area contributed by atoms with Gasteiger partial charge >= 0.3 is 12.6 Å². The number of nitro benzene ring substituents is 1. The standard InChI is InChI=1S/C17H12F2N2O6/c1-2-10-7-12-13(8-20-15(14(12)25-10)27-17(18)19)16(22)26-11-5-3-9(4-6-11)21(23)24/h3-8,17H,2H2,1H3. The summed E-state index contributed by atoms with van der Waals surface area (Å²) >= 11 is 0. The Bertz CT molecular complexity index is 1000. The molecule has 10 heteroatoms. The first-order valence-electron chi connectivity index (χ1n) is 7.72. The van der Waals surface area contributed by atoms with Crippen molar-refractivity contribution in [3.8, 4) is 11.6 Å². The van der Waals surface area contributed by atoms with E-state index >= 15 is 0 Å². The minimum atomic E-state index is -3.10. The van der Waals surface area contributed by atoms with Gasteiger partial charge in [0.15, 0.2) is 5.58 Å². The Morgan fingerprint density at radius 1 is 1.33 bits per heavy atom. The molecular formula is C17H12F2N2O6. The van der Waals surface area contributed by atoms with Gasteiger partial charge < -0.3 is 13.9 Å². The lowest BCUT2D eigenvalue weighted by atomic mass is 10.1. The third-order valence-corrected chi connectivity index (χ3v) is 3.61. The molecule has 1 aromatic carbocycles. The number of hydrogen-bond acceptors (Lipinski definition) is 7. The van der Waals surface area contributed by atoms with Crippen molar-refractivity contribution in [2.45, 2.75) is 20.0 Å². The number of hydrogen-bond donors (Lipinski definition) is 0. The second-order valence-electron chi connectivity index (χ2n) is 5.31. The average Bonchev–Trinajstić information content (AvgIpc) is 3.06. The van der Waals surface area contributed by atoms with Crippen LogP contribution in [0.3, 0.4) is 0 Å². The van der Waals surface area contributed by atoms with Crippen molar-refractivity contribution in [2.24, 2.45) is 0 Å². The maximum Gasteiger partial charge on any atom is 0.388 e. The summed E-state index contributed by atoms with van der Waals surface area (Å²) in [4.78, 5) is 26.2. The summed E-state index contributed by atoms with van der Waals surface area (Å²) in [5, 5.41) is 10.9. The molecule has 3 aromatic rings. The monoisotopic (exact) mass is 378 g/mol. The van der Waals surface area contributed by atoms with Crippen LogP contribution in [0.4, 0.5) is 14.5 Å². The highest BCUT2D eigenvalue weighted by Gasteiger charge is 2.22. The number of furan rings is 1. The number of aromatic nitrogens is 1. The van der Waals surface area contributed by atoms with Crippen LogP contribution in [0.5, 0.6) is 11.6 Å². The number of alkyl halides is 2. The van der Waals surface area contributed by atoms with Crippen molar-refractivity contribution < 1.29 is 32.4 Å². The van der Waals surface area contributed by atoms with Crippen molar-refractivity contribution in [1.29, 1.82) is 0 Å². The Labute approximate surface area is 150 Å². The minimum Gasteiger partial charge on any atom is -0.455 e. The highest BCUT2D eigenvalue weighted by atomic mass is 19.3. The van der Waals surface area contributed by atoms with E-state index in [1.807, 2.05) is 0 Å². The van der Waals surface area contributed by atoms with E-state index in [0.717, 1.165) is 6.20 Å². The summed E-state index contributed by atoms with van der Waals surface area (Å²) in [7, 11) is 0. The molecule has 0 amide bonds. The topological polar surface area (TPSA) is 105 Å². The van der Waals surface area contributed by atoms with E-state index in [0.29, 0.717) is 12.2 Å². The number of nitrogens with zero attached hydrogens (tertiary/aromatic N) is 2. The van der Waals surface area contributed by atoms with Gasteiger partial charge in [-0.3, -0.25) is 10.1 Å². The lowest BCUT2D eigenvalue weighted by Gasteiger charge is -2.07. The van der Waals surface area contributed by atoms with Gasteiger partial charge in [0.2, 0.25) is 0 Å². The summed E-state index contributed by atoms with van der Waals surface area (Å²) < 4.78 is 40.0. The van der Waals surface area contributed by atoms with Crippen LogP contribution in [0.1, 0.15) is 23.0 Å². The molecule has 0 saturated heterocycles. The van der Waals surface area contributed by atoms with Gasteiger partial charge in [-0.05, 0) is 18.2 Å². The predicted molar refractivity (Wildman–Crippen MR) is 88.1 cm³/mol. The molecule has 27 heavy (non-hydrogen) atoms. The van der Waals surface area contributed by atoms with Crippen LogP contribution in [-0.2, 0) is 6.42 Å². The maximum atomic E-state index is 12.5. The van der Waals surface area contributed by atoms with Crippen LogP contribution >= 0.6 is 0 Å². The molecule has 3 rings (SSSR count). The number of fused-ring (bicyclic) bond motifs is 1. The van der Waals surface area contributed by atoms with E-state index in [-0.39, 0.29) is 28.0 Å². The fraction of sp³-hybridized carbons (Fsp3) is 0.176. The summed E-state index contributed by atoms with van der Waals surface area (Å²) in [5.41, 5.74) is -0.270. The van der Waals surface area contributed by atoms with Crippen LogP contribution < -0.4 is 9.47 Å². The van der Waals surface area contributed by atoms with Gasteiger partial charge in [-0.1, -0.05) is 6.92 Å². The maximum absolute atomic E-state index is 12.5. The molecule has 0 saturated carbocycles. The van der Waals surface area contributed by atoms with Gasteiger partial charge in [-0.15, -0.1) is 0 Å². The lowest BCUT2D eigenvalue weighted by molar-refractivity contribution is -0.384. The molecule has 0 fully saturated rings. The molecule has 0 aliphatic heterocycles. The van der Waals surface area contributed by atoms with Gasteiger partial charge in [-0.25, -0.2) is 9.78 Å². The van der Waals surface area contributed by atoms with Crippen molar-refractivity contribution in [3.63, 3.8) is 0 Å². The Kier molecular flexibility index (Phi) is 4.97. The summed E-state index contributed by atoms with van der Waals surface area (Å²) in [5.74, 6) is -0.743. The molecule has 0 atom stereocenters. The fourth-order valence-electron chi connectivity index (χ4n) is 2.36. The molecule has 0 spiro atoms. The number of pyridine rings is 1. The van der Waals surface area contributed by atoms with E-state index in [2.05, 4.69) is 9.72 Å².